The summed E-state index contributed by atoms with van der Waals surface area (Å²) < 4.78 is 0. The van der Waals surface area contributed by atoms with E-state index in [4.69, 9.17) is 0 Å². The maximum absolute atomic E-state index is 2.43. The number of nitrogens with zero attached hydrogens (tertiary/aromatic N) is 2. The van der Waals surface area contributed by atoms with E-state index in [9.17, 15) is 0 Å². The lowest BCUT2D eigenvalue weighted by Crippen LogP contribution is -2.11. The molecule has 0 heterocycles. The van der Waals surface area contributed by atoms with Gasteiger partial charge < -0.3 is 9.80 Å². The Bertz CT molecular complexity index is 2930. The highest BCUT2D eigenvalue weighted by Crippen LogP contribution is 2.48. The molecule has 0 N–H and O–H groups in total. The van der Waals surface area contributed by atoms with Gasteiger partial charge in [0.05, 0.1) is 11.4 Å². The molecule has 0 fully saturated rings. The summed E-state index contributed by atoms with van der Waals surface area (Å²) >= 11 is 0. The molecule has 10 aromatic rings. The predicted octanol–water partition coefficient (Wildman–Crippen LogP) is 15.1. The number of rotatable bonds is 9. The smallest absolute Gasteiger partial charge is 0.0540 e. The highest BCUT2D eigenvalue weighted by atomic mass is 15.1. The third kappa shape index (κ3) is 5.91. The van der Waals surface area contributed by atoms with E-state index in [1.165, 1.54) is 76.7 Å². The van der Waals surface area contributed by atoms with Gasteiger partial charge in [0.15, 0.2) is 0 Å². The van der Waals surface area contributed by atoms with Crippen LogP contribution in [0.3, 0.4) is 0 Å². The molecule has 268 valence electrons. The molecule has 0 radical (unpaired) electrons. The van der Waals surface area contributed by atoms with E-state index in [0.29, 0.717) is 0 Å². The molecule has 0 saturated heterocycles. The summed E-state index contributed by atoms with van der Waals surface area (Å²) in [6, 6.07) is 71.5. The van der Waals surface area contributed by atoms with E-state index >= 15 is 0 Å². The summed E-state index contributed by atoms with van der Waals surface area (Å²) in [6.07, 6.45) is 2.04. The third-order valence-corrected chi connectivity index (χ3v) is 11.4. The van der Waals surface area contributed by atoms with Crippen LogP contribution in [0.25, 0.3) is 43.1 Å². The Morgan fingerprint density at radius 2 is 0.643 bits per heavy atom. The lowest BCUT2D eigenvalue weighted by Gasteiger charge is -2.29. The van der Waals surface area contributed by atoms with Gasteiger partial charge in [-0.2, -0.15) is 0 Å². The topological polar surface area (TPSA) is 6.48 Å². The molecule has 0 aliphatic heterocycles. The van der Waals surface area contributed by atoms with Gasteiger partial charge in [-0.05, 0) is 131 Å². The van der Waals surface area contributed by atoms with Crippen LogP contribution in [0, 0.1) is 13.8 Å². The summed E-state index contributed by atoms with van der Waals surface area (Å²) in [5.41, 5.74) is 12.1. The zero-order valence-corrected chi connectivity index (χ0v) is 31.8. The van der Waals surface area contributed by atoms with E-state index in [0.717, 1.165) is 35.6 Å². The lowest BCUT2D eigenvalue weighted by atomic mass is 9.88. The van der Waals surface area contributed by atoms with Crippen molar-refractivity contribution in [1.29, 1.82) is 0 Å². The fourth-order valence-corrected chi connectivity index (χ4v) is 8.63. The fourth-order valence-electron chi connectivity index (χ4n) is 8.63. The van der Waals surface area contributed by atoms with Gasteiger partial charge in [0.2, 0.25) is 0 Å². The third-order valence-electron chi connectivity index (χ3n) is 11.4. The van der Waals surface area contributed by atoms with Gasteiger partial charge in [0.25, 0.3) is 0 Å². The molecular weight excluding hydrogens is 677 g/mol. The molecule has 2 heteroatoms. The molecule has 10 aromatic carbocycles. The Labute approximate surface area is 328 Å². The van der Waals surface area contributed by atoms with Crippen LogP contribution in [-0.2, 0) is 12.8 Å². The van der Waals surface area contributed by atoms with Crippen LogP contribution < -0.4 is 9.80 Å². The van der Waals surface area contributed by atoms with Crippen molar-refractivity contribution in [3.63, 3.8) is 0 Å². The lowest BCUT2D eigenvalue weighted by molar-refractivity contribution is 0.960. The molecule has 0 aliphatic rings. The van der Waals surface area contributed by atoms with Crippen molar-refractivity contribution >= 4 is 77.2 Å². The average molecular weight is 719 g/mol. The quantitative estimate of drug-likeness (QED) is 0.108. The first-order chi connectivity index (χ1) is 27.6. The predicted molar refractivity (Wildman–Crippen MR) is 240 cm³/mol. The Morgan fingerprint density at radius 1 is 0.286 bits per heavy atom. The second-order valence-corrected chi connectivity index (χ2v) is 15.1. The minimum atomic E-state index is 1.01. The number of para-hydroxylation sites is 1. The van der Waals surface area contributed by atoms with Crippen molar-refractivity contribution in [2.45, 2.75) is 26.7 Å². The van der Waals surface area contributed by atoms with Crippen molar-refractivity contribution in [1.82, 2.24) is 0 Å². The largest absolute Gasteiger partial charge is 0.310 e. The van der Waals surface area contributed by atoms with Gasteiger partial charge >= 0.3 is 0 Å². The molecule has 0 bridgehead atoms. The van der Waals surface area contributed by atoms with Crippen LogP contribution in [0.5, 0.6) is 0 Å². The minimum absolute atomic E-state index is 1.01. The molecule has 0 saturated carbocycles. The zero-order chi connectivity index (χ0) is 37.6. The van der Waals surface area contributed by atoms with E-state index in [1.807, 2.05) is 0 Å². The van der Waals surface area contributed by atoms with E-state index in [-0.39, 0.29) is 0 Å². The number of anilines is 6. The maximum atomic E-state index is 2.43. The van der Waals surface area contributed by atoms with Crippen LogP contribution in [0.1, 0.15) is 22.3 Å². The van der Waals surface area contributed by atoms with E-state index < -0.39 is 0 Å². The van der Waals surface area contributed by atoms with Gasteiger partial charge in [-0.15, -0.1) is 0 Å². The summed E-state index contributed by atoms with van der Waals surface area (Å²) in [6.45, 7) is 4.30. The molecule has 0 aromatic heterocycles. The van der Waals surface area contributed by atoms with Gasteiger partial charge in [-0.1, -0.05) is 145 Å². The van der Waals surface area contributed by atoms with Crippen molar-refractivity contribution in [2.24, 2.45) is 0 Å². The van der Waals surface area contributed by atoms with Crippen LogP contribution in [-0.4, -0.2) is 0 Å². The van der Waals surface area contributed by atoms with Crippen molar-refractivity contribution in [2.75, 3.05) is 9.80 Å². The molecular formula is C54H42N2. The summed E-state index contributed by atoms with van der Waals surface area (Å²) in [5.74, 6) is 0. The SMILES string of the molecule is Cc1ccc(N(c2ccccc2)c2ccc3c4cccc5c(N(c6ccc(C)cc6)c6ccc(CCc7ccccc7)cc6)ccc(c6cccc2c63)c54)cc1. The normalized spacial score (nSPS) is 11.5. The molecule has 10 rings (SSSR count). The molecule has 0 aliphatic carbocycles. The van der Waals surface area contributed by atoms with Crippen LogP contribution >= 0.6 is 0 Å². The highest BCUT2D eigenvalue weighted by molar-refractivity contribution is 6.35. The van der Waals surface area contributed by atoms with E-state index in [2.05, 4.69) is 218 Å². The molecule has 0 amide bonds. The Balaban J connectivity index is 1.14. The van der Waals surface area contributed by atoms with Gasteiger partial charge in [0, 0.05) is 33.5 Å². The number of fused-ring (bicyclic) bond motifs is 2. The zero-order valence-electron chi connectivity index (χ0n) is 31.8. The molecule has 0 atom stereocenters. The second kappa shape index (κ2) is 14.1. The summed E-state index contributed by atoms with van der Waals surface area (Å²) in [5, 5.41) is 10.2. The molecule has 0 unspecified atom stereocenters. The molecule has 2 nitrogen and oxygen atoms in total. The first-order valence-corrected chi connectivity index (χ1v) is 19.6. The van der Waals surface area contributed by atoms with Crippen molar-refractivity contribution in [3.05, 3.63) is 216 Å². The van der Waals surface area contributed by atoms with Crippen LogP contribution in [0.2, 0.25) is 0 Å². The number of benzene rings is 10. The fraction of sp³-hybridized carbons (Fsp3) is 0.0741. The highest BCUT2D eigenvalue weighted by Gasteiger charge is 2.22. The van der Waals surface area contributed by atoms with E-state index in [1.54, 1.807) is 0 Å². The Morgan fingerprint density at radius 3 is 1.11 bits per heavy atom. The van der Waals surface area contributed by atoms with Gasteiger partial charge in [-0.3, -0.25) is 0 Å². The summed E-state index contributed by atoms with van der Waals surface area (Å²) in [4.78, 5) is 4.83. The standard InChI is InChI=1S/C54H42N2/c1-37-19-27-42(28-20-37)55(41-13-7-4-8-14-41)51-35-33-47-46-16-10-18-50-52(36-34-48(54(46)50)45-15-9-17-49(51)53(45)47)56(43-29-21-38(2)22-30-43)44-31-25-40(26-32-44)24-23-39-11-5-3-6-12-39/h3-22,25-36H,23-24H2,1-2H3. The number of hydrogen-bond donors (Lipinski definition) is 0. The Hall–Kier alpha value is -6.90. The van der Waals surface area contributed by atoms with Gasteiger partial charge in [-0.25, -0.2) is 0 Å². The average Bonchev–Trinajstić information content (AvgIpc) is 3.25. The monoisotopic (exact) mass is 718 g/mol. The number of aryl methyl sites for hydroxylation is 4. The Kier molecular flexibility index (Phi) is 8.45. The first kappa shape index (κ1) is 33.7. The van der Waals surface area contributed by atoms with Crippen LogP contribution in [0.15, 0.2) is 194 Å². The summed E-state index contributed by atoms with van der Waals surface area (Å²) in [7, 11) is 0. The van der Waals surface area contributed by atoms with Crippen LogP contribution in [0.4, 0.5) is 34.1 Å². The molecule has 0 spiro atoms. The van der Waals surface area contributed by atoms with Gasteiger partial charge in [0.1, 0.15) is 0 Å². The number of hydrogen-bond acceptors (Lipinski definition) is 2. The second-order valence-electron chi connectivity index (χ2n) is 15.1. The van der Waals surface area contributed by atoms with Crippen molar-refractivity contribution < 1.29 is 0 Å². The first-order valence-electron chi connectivity index (χ1n) is 19.6. The maximum Gasteiger partial charge on any atom is 0.0540 e. The molecule has 56 heavy (non-hydrogen) atoms. The van der Waals surface area contributed by atoms with Crippen molar-refractivity contribution in [3.8, 4) is 0 Å². The minimum Gasteiger partial charge on any atom is -0.310 e.